The lowest BCUT2D eigenvalue weighted by Gasteiger charge is -2.16. The van der Waals surface area contributed by atoms with Gasteiger partial charge in [0.1, 0.15) is 5.76 Å². The predicted molar refractivity (Wildman–Crippen MR) is 131 cm³/mol. The van der Waals surface area contributed by atoms with E-state index in [1.165, 1.54) is 17.3 Å². The number of benzene rings is 2. The topological polar surface area (TPSA) is 73.0 Å². The fraction of sp³-hybridized carbons (Fsp3) is 0.269. The number of thioether (sulfide) groups is 1. The minimum absolute atomic E-state index is 0.0148. The molecule has 0 aliphatic carbocycles. The maximum absolute atomic E-state index is 12.6. The summed E-state index contributed by atoms with van der Waals surface area (Å²) in [6.07, 6.45) is 2.62. The fourth-order valence-corrected chi connectivity index (χ4v) is 4.50. The van der Waals surface area contributed by atoms with Crippen molar-refractivity contribution in [2.45, 2.75) is 37.9 Å². The SMILES string of the molecule is CC[C@H](CNC(=O)CSc1nnc(-c2cccc(C)c2)n1Cc1ccco1)c1ccccc1. The van der Waals surface area contributed by atoms with Gasteiger partial charge in [-0.15, -0.1) is 10.2 Å². The molecule has 2 aromatic carbocycles. The molecule has 1 amide bonds. The number of carbonyl (C=O) groups is 1. The summed E-state index contributed by atoms with van der Waals surface area (Å²) in [5.74, 6) is 2.13. The average molecular weight is 461 g/mol. The van der Waals surface area contributed by atoms with Crippen molar-refractivity contribution < 1.29 is 9.21 Å². The number of rotatable bonds is 10. The number of amides is 1. The zero-order valence-electron chi connectivity index (χ0n) is 18.9. The number of aryl methyl sites for hydroxylation is 1. The van der Waals surface area contributed by atoms with Crippen molar-refractivity contribution in [1.82, 2.24) is 20.1 Å². The maximum Gasteiger partial charge on any atom is 0.230 e. The van der Waals surface area contributed by atoms with Gasteiger partial charge in [0.25, 0.3) is 0 Å². The van der Waals surface area contributed by atoms with E-state index in [0.29, 0.717) is 24.2 Å². The molecule has 1 atom stereocenters. The highest BCUT2D eigenvalue weighted by atomic mass is 32.2. The molecular formula is C26H28N4O2S. The van der Waals surface area contributed by atoms with Gasteiger partial charge in [-0.05, 0) is 37.1 Å². The lowest BCUT2D eigenvalue weighted by Crippen LogP contribution is -2.29. The van der Waals surface area contributed by atoms with E-state index in [4.69, 9.17) is 4.42 Å². The predicted octanol–water partition coefficient (Wildman–Crippen LogP) is 5.30. The highest BCUT2D eigenvalue weighted by Crippen LogP contribution is 2.26. The summed E-state index contributed by atoms with van der Waals surface area (Å²) >= 11 is 1.39. The monoisotopic (exact) mass is 460 g/mol. The van der Waals surface area contributed by atoms with Crippen molar-refractivity contribution in [3.8, 4) is 11.4 Å². The zero-order valence-corrected chi connectivity index (χ0v) is 19.7. The van der Waals surface area contributed by atoms with Gasteiger partial charge >= 0.3 is 0 Å². The zero-order chi connectivity index (χ0) is 23.0. The van der Waals surface area contributed by atoms with E-state index in [9.17, 15) is 4.79 Å². The summed E-state index contributed by atoms with van der Waals surface area (Å²) < 4.78 is 7.56. The molecule has 170 valence electrons. The second kappa shape index (κ2) is 11.0. The Labute approximate surface area is 198 Å². The van der Waals surface area contributed by atoms with E-state index in [2.05, 4.69) is 53.6 Å². The van der Waals surface area contributed by atoms with Crippen LogP contribution < -0.4 is 5.32 Å². The van der Waals surface area contributed by atoms with Crippen molar-refractivity contribution in [1.29, 1.82) is 0 Å². The molecule has 0 fully saturated rings. The van der Waals surface area contributed by atoms with Crippen molar-refractivity contribution >= 4 is 17.7 Å². The van der Waals surface area contributed by atoms with Crippen LogP contribution in [0.1, 0.15) is 36.1 Å². The van der Waals surface area contributed by atoms with Crippen LogP contribution in [0.25, 0.3) is 11.4 Å². The van der Waals surface area contributed by atoms with Crippen LogP contribution in [-0.4, -0.2) is 33.0 Å². The number of nitrogens with zero attached hydrogens (tertiary/aromatic N) is 3. The number of furan rings is 1. The van der Waals surface area contributed by atoms with Crippen LogP contribution in [0, 0.1) is 6.92 Å². The van der Waals surface area contributed by atoms with E-state index in [-0.39, 0.29) is 11.7 Å². The van der Waals surface area contributed by atoms with E-state index in [1.807, 2.05) is 47.0 Å². The first-order valence-electron chi connectivity index (χ1n) is 11.1. The third kappa shape index (κ3) is 5.93. The maximum atomic E-state index is 12.6. The first kappa shape index (κ1) is 22.9. The van der Waals surface area contributed by atoms with Crippen LogP contribution >= 0.6 is 11.8 Å². The summed E-state index contributed by atoms with van der Waals surface area (Å²) in [5, 5.41) is 12.6. The van der Waals surface area contributed by atoms with Gasteiger partial charge in [-0.25, -0.2) is 0 Å². The molecular weight excluding hydrogens is 432 g/mol. The average Bonchev–Trinajstić information content (AvgIpc) is 3.49. The van der Waals surface area contributed by atoms with E-state index in [1.54, 1.807) is 6.26 Å². The van der Waals surface area contributed by atoms with Crippen LogP contribution in [-0.2, 0) is 11.3 Å². The van der Waals surface area contributed by atoms with Crippen molar-refractivity contribution in [2.75, 3.05) is 12.3 Å². The van der Waals surface area contributed by atoms with E-state index < -0.39 is 0 Å². The van der Waals surface area contributed by atoms with E-state index >= 15 is 0 Å². The Hall–Kier alpha value is -3.32. The summed E-state index contributed by atoms with van der Waals surface area (Å²) in [7, 11) is 0. The molecule has 0 aliphatic heterocycles. The minimum atomic E-state index is -0.0148. The van der Waals surface area contributed by atoms with Crippen LogP contribution in [0.2, 0.25) is 0 Å². The van der Waals surface area contributed by atoms with Crippen LogP contribution in [0.3, 0.4) is 0 Å². The molecule has 0 aliphatic rings. The Kier molecular flexibility index (Phi) is 7.62. The summed E-state index contributed by atoms with van der Waals surface area (Å²) in [6, 6.07) is 22.2. The molecule has 0 saturated heterocycles. The Balaban J connectivity index is 1.44. The van der Waals surface area contributed by atoms with E-state index in [0.717, 1.165) is 29.1 Å². The van der Waals surface area contributed by atoms with Crippen LogP contribution in [0.15, 0.2) is 82.6 Å². The molecule has 2 heterocycles. The van der Waals surface area contributed by atoms with Gasteiger partial charge in [-0.1, -0.05) is 72.8 Å². The molecule has 0 saturated carbocycles. The first-order valence-corrected chi connectivity index (χ1v) is 12.1. The highest BCUT2D eigenvalue weighted by molar-refractivity contribution is 7.99. The van der Waals surface area contributed by atoms with Crippen molar-refractivity contribution in [3.63, 3.8) is 0 Å². The number of nitrogens with one attached hydrogen (secondary N) is 1. The molecule has 4 aromatic rings. The molecule has 7 heteroatoms. The smallest absolute Gasteiger partial charge is 0.230 e. The fourth-order valence-electron chi connectivity index (χ4n) is 3.74. The molecule has 0 bridgehead atoms. The Morgan fingerprint density at radius 2 is 1.94 bits per heavy atom. The molecule has 0 spiro atoms. The van der Waals surface area contributed by atoms with Gasteiger partial charge in [0.05, 0.1) is 18.6 Å². The van der Waals surface area contributed by atoms with Gasteiger partial charge in [0, 0.05) is 18.0 Å². The molecule has 2 aromatic heterocycles. The quantitative estimate of drug-likeness (QED) is 0.325. The molecule has 1 N–H and O–H groups in total. The molecule has 6 nitrogen and oxygen atoms in total. The van der Waals surface area contributed by atoms with Crippen molar-refractivity contribution in [2.24, 2.45) is 0 Å². The largest absolute Gasteiger partial charge is 0.467 e. The minimum Gasteiger partial charge on any atom is -0.467 e. The Morgan fingerprint density at radius 1 is 1.09 bits per heavy atom. The van der Waals surface area contributed by atoms with Gasteiger partial charge in [0.2, 0.25) is 5.91 Å². The second-order valence-corrected chi connectivity index (χ2v) is 8.89. The lowest BCUT2D eigenvalue weighted by atomic mass is 9.96. The summed E-state index contributed by atoms with van der Waals surface area (Å²) in [5.41, 5.74) is 3.38. The van der Waals surface area contributed by atoms with Gasteiger partial charge in [-0.2, -0.15) is 0 Å². The van der Waals surface area contributed by atoms with Gasteiger partial charge < -0.3 is 9.73 Å². The third-order valence-electron chi connectivity index (χ3n) is 5.53. The summed E-state index contributed by atoms with van der Waals surface area (Å²) in [6.45, 7) is 5.31. The number of carbonyl (C=O) groups excluding carboxylic acids is 1. The van der Waals surface area contributed by atoms with Crippen LogP contribution in [0.4, 0.5) is 0 Å². The van der Waals surface area contributed by atoms with Crippen LogP contribution in [0.5, 0.6) is 0 Å². The second-order valence-electron chi connectivity index (χ2n) is 7.95. The first-order chi connectivity index (χ1) is 16.1. The summed E-state index contributed by atoms with van der Waals surface area (Å²) in [4.78, 5) is 12.6. The van der Waals surface area contributed by atoms with Gasteiger partial charge in [-0.3, -0.25) is 9.36 Å². The Morgan fingerprint density at radius 3 is 2.67 bits per heavy atom. The number of aromatic nitrogens is 3. The Bertz CT molecular complexity index is 1170. The van der Waals surface area contributed by atoms with Gasteiger partial charge in [0.15, 0.2) is 11.0 Å². The molecule has 0 radical (unpaired) electrons. The van der Waals surface area contributed by atoms with Crippen molar-refractivity contribution in [3.05, 3.63) is 89.9 Å². The standard InChI is InChI=1S/C26H28N4O2S/c1-3-20(21-10-5-4-6-11-21)16-27-24(31)18-33-26-29-28-25(22-12-7-9-19(2)15-22)30(26)17-23-13-8-14-32-23/h4-15,20H,3,16-18H2,1-2H3,(H,27,31)/t20-/m1/s1. The highest BCUT2D eigenvalue weighted by Gasteiger charge is 2.18. The number of hydrogen-bond donors (Lipinski definition) is 1. The lowest BCUT2D eigenvalue weighted by molar-refractivity contribution is -0.118. The molecule has 4 rings (SSSR count). The normalized spacial score (nSPS) is 11.9. The number of hydrogen-bond acceptors (Lipinski definition) is 5. The third-order valence-corrected chi connectivity index (χ3v) is 6.50. The molecule has 33 heavy (non-hydrogen) atoms. The molecule has 0 unspecified atom stereocenters.